The molecule has 3 N–H and O–H groups in total. The molecule has 0 amide bonds. The lowest BCUT2D eigenvalue weighted by atomic mass is 10.0. The second kappa shape index (κ2) is 5.06. The van der Waals surface area contributed by atoms with Gasteiger partial charge in [0.1, 0.15) is 0 Å². The fourth-order valence-electron chi connectivity index (χ4n) is 2.25. The first-order valence-electron chi connectivity index (χ1n) is 6.41. The minimum Gasteiger partial charge on any atom is -0.399 e. The molecule has 106 valence electrons. The van der Waals surface area contributed by atoms with Crippen LogP contribution in [-0.2, 0) is 22.9 Å². The predicted octanol–water partition coefficient (Wildman–Crippen LogP) is 2.40. The molecular formula is C13H15N3O2S2. The maximum Gasteiger partial charge on any atom is 0.263 e. The third-order valence-electron chi connectivity index (χ3n) is 3.24. The Morgan fingerprint density at radius 3 is 2.80 bits per heavy atom. The van der Waals surface area contributed by atoms with E-state index >= 15 is 0 Å². The highest BCUT2D eigenvalue weighted by molar-refractivity contribution is 7.93. The molecule has 1 aromatic carbocycles. The molecule has 0 atom stereocenters. The molecule has 1 aliphatic carbocycles. The monoisotopic (exact) mass is 309 g/mol. The van der Waals surface area contributed by atoms with E-state index in [1.165, 1.54) is 28.3 Å². The van der Waals surface area contributed by atoms with Crippen LogP contribution in [0.15, 0.2) is 29.2 Å². The molecule has 7 heteroatoms. The van der Waals surface area contributed by atoms with Gasteiger partial charge in [0.25, 0.3) is 10.0 Å². The zero-order chi connectivity index (χ0) is 14.2. The third-order valence-corrected chi connectivity index (χ3v) is 5.77. The number of nitrogens with zero attached hydrogens (tertiary/aromatic N) is 1. The zero-order valence-electron chi connectivity index (χ0n) is 10.8. The van der Waals surface area contributed by atoms with Crippen molar-refractivity contribution in [2.24, 2.45) is 0 Å². The van der Waals surface area contributed by atoms with Crippen LogP contribution in [0.2, 0.25) is 0 Å². The van der Waals surface area contributed by atoms with Crippen molar-refractivity contribution in [3.8, 4) is 0 Å². The van der Waals surface area contributed by atoms with Crippen LogP contribution in [-0.4, -0.2) is 13.4 Å². The lowest BCUT2D eigenvalue weighted by molar-refractivity contribution is 0.601. The van der Waals surface area contributed by atoms with Gasteiger partial charge in [-0.05, 0) is 43.9 Å². The fraction of sp³-hybridized carbons (Fsp3) is 0.308. The summed E-state index contributed by atoms with van der Waals surface area (Å²) in [6.45, 7) is 0. The van der Waals surface area contributed by atoms with Gasteiger partial charge in [-0.25, -0.2) is 13.4 Å². The maximum absolute atomic E-state index is 12.3. The summed E-state index contributed by atoms with van der Waals surface area (Å²) in [6.07, 6.45) is 4.20. The van der Waals surface area contributed by atoms with Crippen molar-refractivity contribution in [1.82, 2.24) is 4.98 Å². The van der Waals surface area contributed by atoms with E-state index in [0.717, 1.165) is 31.4 Å². The largest absolute Gasteiger partial charge is 0.399 e. The molecule has 3 rings (SSSR count). The highest BCUT2D eigenvalue weighted by atomic mass is 32.2. The summed E-state index contributed by atoms with van der Waals surface area (Å²) in [5, 5.41) is 0.444. The van der Waals surface area contributed by atoms with Crippen LogP contribution in [0.3, 0.4) is 0 Å². The van der Waals surface area contributed by atoms with Gasteiger partial charge in [-0.1, -0.05) is 6.07 Å². The number of hydrogen-bond donors (Lipinski definition) is 2. The summed E-state index contributed by atoms with van der Waals surface area (Å²) in [4.78, 5) is 5.73. The zero-order valence-corrected chi connectivity index (χ0v) is 12.4. The number of nitrogen functional groups attached to an aromatic ring is 1. The number of rotatable bonds is 3. The number of hydrogen-bond acceptors (Lipinski definition) is 5. The average Bonchev–Trinajstić information content (AvgIpc) is 2.80. The van der Waals surface area contributed by atoms with Crippen LogP contribution in [0.25, 0.3) is 0 Å². The van der Waals surface area contributed by atoms with E-state index in [-0.39, 0.29) is 4.90 Å². The summed E-state index contributed by atoms with van der Waals surface area (Å²) in [6, 6.07) is 6.24. The minimum atomic E-state index is -3.62. The average molecular weight is 309 g/mol. The van der Waals surface area contributed by atoms with E-state index in [1.54, 1.807) is 12.1 Å². The van der Waals surface area contributed by atoms with Gasteiger partial charge in [0.05, 0.1) is 10.6 Å². The van der Waals surface area contributed by atoms with Crippen LogP contribution < -0.4 is 10.5 Å². The van der Waals surface area contributed by atoms with Gasteiger partial charge in [-0.2, -0.15) is 0 Å². The lowest BCUT2D eigenvalue weighted by Gasteiger charge is -2.06. The first-order valence-corrected chi connectivity index (χ1v) is 8.71. The number of aromatic nitrogens is 1. The van der Waals surface area contributed by atoms with E-state index in [9.17, 15) is 8.42 Å². The molecule has 0 aliphatic heterocycles. The molecule has 0 saturated carbocycles. The van der Waals surface area contributed by atoms with E-state index < -0.39 is 10.0 Å². The summed E-state index contributed by atoms with van der Waals surface area (Å²) < 4.78 is 27.1. The molecule has 1 aliphatic rings. The van der Waals surface area contributed by atoms with Gasteiger partial charge in [0.15, 0.2) is 5.13 Å². The number of benzene rings is 1. The molecule has 1 aromatic heterocycles. The smallest absolute Gasteiger partial charge is 0.263 e. The van der Waals surface area contributed by atoms with Crippen LogP contribution >= 0.6 is 11.3 Å². The quantitative estimate of drug-likeness (QED) is 0.853. The molecule has 2 aromatic rings. The van der Waals surface area contributed by atoms with Crippen molar-refractivity contribution in [2.45, 2.75) is 30.6 Å². The summed E-state index contributed by atoms with van der Waals surface area (Å²) >= 11 is 1.43. The van der Waals surface area contributed by atoms with Gasteiger partial charge >= 0.3 is 0 Å². The summed E-state index contributed by atoms with van der Waals surface area (Å²) in [5.41, 5.74) is 7.08. The van der Waals surface area contributed by atoms with Crippen molar-refractivity contribution in [2.75, 3.05) is 10.5 Å². The van der Waals surface area contributed by atoms with Crippen molar-refractivity contribution in [3.05, 3.63) is 34.8 Å². The second-order valence-electron chi connectivity index (χ2n) is 4.77. The predicted molar refractivity (Wildman–Crippen MR) is 80.4 cm³/mol. The van der Waals surface area contributed by atoms with Crippen molar-refractivity contribution in [3.63, 3.8) is 0 Å². The molecule has 0 unspecified atom stereocenters. The molecule has 0 fully saturated rings. The van der Waals surface area contributed by atoms with Gasteiger partial charge < -0.3 is 5.73 Å². The van der Waals surface area contributed by atoms with Gasteiger partial charge in [-0.15, -0.1) is 11.3 Å². The fourth-order valence-corrected chi connectivity index (χ4v) is 4.59. The molecule has 0 saturated heterocycles. The molecule has 20 heavy (non-hydrogen) atoms. The summed E-state index contributed by atoms with van der Waals surface area (Å²) in [7, 11) is -3.62. The molecule has 0 bridgehead atoms. The Labute approximate surface area is 121 Å². The van der Waals surface area contributed by atoms with E-state index in [1.807, 2.05) is 0 Å². The van der Waals surface area contributed by atoms with Crippen LogP contribution in [0.4, 0.5) is 10.8 Å². The van der Waals surface area contributed by atoms with Gasteiger partial charge in [0.2, 0.25) is 0 Å². The lowest BCUT2D eigenvalue weighted by Crippen LogP contribution is -2.13. The second-order valence-corrected chi connectivity index (χ2v) is 7.54. The van der Waals surface area contributed by atoms with Gasteiger partial charge in [0, 0.05) is 10.6 Å². The number of fused-ring (bicyclic) bond motifs is 1. The van der Waals surface area contributed by atoms with Crippen LogP contribution in [0, 0.1) is 0 Å². The van der Waals surface area contributed by atoms with Crippen molar-refractivity contribution in [1.29, 1.82) is 0 Å². The number of sulfonamides is 1. The summed E-state index contributed by atoms with van der Waals surface area (Å²) in [5.74, 6) is 0. The standard InChI is InChI=1S/C13H15N3O2S2/c14-9-4-3-5-10(8-9)20(17,18)16-13-15-11-6-1-2-7-12(11)19-13/h3-5,8H,1-2,6-7,14H2,(H,15,16). The van der Waals surface area contributed by atoms with E-state index in [4.69, 9.17) is 5.73 Å². The molecular weight excluding hydrogens is 294 g/mol. The SMILES string of the molecule is Nc1cccc(S(=O)(=O)Nc2nc3c(s2)CCCC3)c1. The van der Waals surface area contributed by atoms with E-state index in [2.05, 4.69) is 9.71 Å². The highest BCUT2D eigenvalue weighted by Crippen LogP contribution is 2.30. The highest BCUT2D eigenvalue weighted by Gasteiger charge is 2.20. The Hall–Kier alpha value is -1.60. The Morgan fingerprint density at radius 1 is 1.25 bits per heavy atom. The van der Waals surface area contributed by atoms with Crippen molar-refractivity contribution >= 4 is 32.2 Å². The van der Waals surface area contributed by atoms with Crippen molar-refractivity contribution < 1.29 is 8.42 Å². The van der Waals surface area contributed by atoms with Gasteiger partial charge in [-0.3, -0.25) is 4.72 Å². The number of aryl methyl sites for hydroxylation is 2. The first kappa shape index (κ1) is 13.4. The number of nitrogens with two attached hydrogens (primary N) is 1. The van der Waals surface area contributed by atoms with E-state index in [0.29, 0.717) is 10.8 Å². The molecule has 0 spiro atoms. The Bertz CT molecular complexity index is 714. The number of nitrogens with one attached hydrogen (secondary N) is 1. The van der Waals surface area contributed by atoms with Crippen LogP contribution in [0.1, 0.15) is 23.4 Å². The third kappa shape index (κ3) is 2.64. The number of anilines is 2. The minimum absolute atomic E-state index is 0.158. The Kier molecular flexibility index (Phi) is 3.39. The maximum atomic E-state index is 12.3. The molecule has 0 radical (unpaired) electrons. The Morgan fingerprint density at radius 2 is 2.05 bits per heavy atom. The molecule has 5 nitrogen and oxygen atoms in total. The Balaban J connectivity index is 1.88. The topological polar surface area (TPSA) is 85.1 Å². The van der Waals surface area contributed by atoms with Crippen LogP contribution in [0.5, 0.6) is 0 Å². The molecule has 1 heterocycles. The normalized spacial score (nSPS) is 14.8. The first-order chi connectivity index (χ1) is 9.54. The number of thiazole rings is 1.